The molecule has 0 radical (unpaired) electrons. The lowest BCUT2D eigenvalue weighted by molar-refractivity contribution is 0.588. The second kappa shape index (κ2) is 7.74. The van der Waals surface area contributed by atoms with Gasteiger partial charge in [-0.05, 0) is 50.1 Å². The zero-order chi connectivity index (χ0) is 21.5. The molecule has 4 aromatic rings. The Kier molecular flexibility index (Phi) is 5.26. The first-order chi connectivity index (χ1) is 14.2. The lowest BCUT2D eigenvalue weighted by Gasteiger charge is -2.16. The molecule has 2 aromatic heterocycles. The van der Waals surface area contributed by atoms with E-state index in [1.54, 1.807) is 13.3 Å². The first kappa shape index (κ1) is 20.4. The number of rotatable bonds is 5. The lowest BCUT2D eigenvalue weighted by Crippen LogP contribution is -2.11. The Balaban J connectivity index is 1.68. The standard InChI is InChI=1S/C21H22ClN6OP/c1-13-9-14-11-24-28(2)18(14)10-17(13)26-21-23-12-15(22)20(27-21)25-16-7-5-6-8-19(16)30(3,4)29/h5-12H,1-4H3,(H2,23,25,26,27). The number of halogens is 1. The number of fused-ring (bicyclic) bond motifs is 1. The summed E-state index contributed by atoms with van der Waals surface area (Å²) in [6.45, 7) is 5.49. The van der Waals surface area contributed by atoms with E-state index < -0.39 is 7.14 Å². The summed E-state index contributed by atoms with van der Waals surface area (Å²) in [5.41, 5.74) is 3.65. The van der Waals surface area contributed by atoms with E-state index in [1.165, 1.54) is 6.20 Å². The Morgan fingerprint density at radius 1 is 1.07 bits per heavy atom. The van der Waals surface area contributed by atoms with Crippen molar-refractivity contribution in [1.29, 1.82) is 0 Å². The molecule has 0 saturated carbocycles. The van der Waals surface area contributed by atoms with E-state index in [0.29, 0.717) is 22.5 Å². The maximum atomic E-state index is 12.6. The molecule has 2 aromatic carbocycles. The summed E-state index contributed by atoms with van der Waals surface area (Å²) in [5.74, 6) is 0.842. The maximum absolute atomic E-state index is 12.6. The van der Waals surface area contributed by atoms with Crippen molar-refractivity contribution in [3.05, 3.63) is 59.4 Å². The molecule has 0 unspecified atom stereocenters. The van der Waals surface area contributed by atoms with Crippen LogP contribution in [-0.2, 0) is 11.6 Å². The predicted molar refractivity (Wildman–Crippen MR) is 125 cm³/mol. The Bertz CT molecular complexity index is 1300. The lowest BCUT2D eigenvalue weighted by atomic mass is 10.1. The number of anilines is 4. The van der Waals surface area contributed by atoms with Crippen molar-refractivity contribution < 1.29 is 4.57 Å². The molecule has 4 rings (SSSR count). The van der Waals surface area contributed by atoms with Crippen molar-refractivity contribution in [1.82, 2.24) is 19.7 Å². The third-order valence-electron chi connectivity index (χ3n) is 4.82. The molecule has 0 aliphatic heterocycles. The molecule has 7 nitrogen and oxygen atoms in total. The summed E-state index contributed by atoms with van der Waals surface area (Å²) < 4.78 is 14.5. The van der Waals surface area contributed by atoms with Crippen LogP contribution in [0.4, 0.5) is 23.1 Å². The molecule has 0 amide bonds. The van der Waals surface area contributed by atoms with Gasteiger partial charge in [0, 0.05) is 23.4 Å². The highest BCUT2D eigenvalue weighted by Gasteiger charge is 2.17. The number of hydrogen-bond acceptors (Lipinski definition) is 6. The quantitative estimate of drug-likeness (QED) is 0.422. The van der Waals surface area contributed by atoms with Gasteiger partial charge in [0.25, 0.3) is 0 Å². The molecule has 0 aliphatic carbocycles. The molecule has 30 heavy (non-hydrogen) atoms. The molecule has 0 bridgehead atoms. The van der Waals surface area contributed by atoms with Crippen LogP contribution in [0.25, 0.3) is 10.9 Å². The summed E-state index contributed by atoms with van der Waals surface area (Å²) in [7, 11) is -0.573. The largest absolute Gasteiger partial charge is 0.338 e. The summed E-state index contributed by atoms with van der Waals surface area (Å²) in [4.78, 5) is 8.85. The van der Waals surface area contributed by atoms with Crippen LogP contribution in [0.2, 0.25) is 5.02 Å². The average Bonchev–Trinajstić information content (AvgIpc) is 3.04. The van der Waals surface area contributed by atoms with Gasteiger partial charge in [0.15, 0.2) is 5.82 Å². The Morgan fingerprint density at radius 2 is 1.83 bits per heavy atom. The van der Waals surface area contributed by atoms with Gasteiger partial charge in [0.05, 0.1) is 23.6 Å². The molecule has 0 aliphatic rings. The van der Waals surface area contributed by atoms with Crippen molar-refractivity contribution in [2.75, 3.05) is 24.0 Å². The maximum Gasteiger partial charge on any atom is 0.229 e. The fourth-order valence-electron chi connectivity index (χ4n) is 3.26. The van der Waals surface area contributed by atoms with Crippen LogP contribution in [0.15, 0.2) is 48.8 Å². The number of nitrogens with one attached hydrogen (secondary N) is 2. The highest BCUT2D eigenvalue weighted by molar-refractivity contribution is 7.70. The highest BCUT2D eigenvalue weighted by atomic mass is 35.5. The number of benzene rings is 2. The van der Waals surface area contributed by atoms with E-state index in [4.69, 9.17) is 11.6 Å². The van der Waals surface area contributed by atoms with Gasteiger partial charge in [-0.1, -0.05) is 23.7 Å². The summed E-state index contributed by atoms with van der Waals surface area (Å²) in [6.07, 6.45) is 3.38. The Morgan fingerprint density at radius 3 is 2.60 bits per heavy atom. The fraction of sp³-hybridized carbons (Fsp3) is 0.190. The van der Waals surface area contributed by atoms with Gasteiger partial charge in [-0.15, -0.1) is 0 Å². The normalized spacial score (nSPS) is 11.6. The number of aryl methyl sites for hydroxylation is 2. The predicted octanol–water partition coefficient (Wildman–Crippen LogP) is 5.06. The van der Waals surface area contributed by atoms with Gasteiger partial charge >= 0.3 is 0 Å². The zero-order valence-corrected chi connectivity index (χ0v) is 18.8. The summed E-state index contributed by atoms with van der Waals surface area (Å²) in [5, 5.41) is 13.0. The van der Waals surface area contributed by atoms with Crippen molar-refractivity contribution in [3.63, 3.8) is 0 Å². The third-order valence-corrected chi connectivity index (χ3v) is 6.65. The van der Waals surface area contributed by atoms with E-state index in [-0.39, 0.29) is 0 Å². The first-order valence-electron chi connectivity index (χ1n) is 9.36. The van der Waals surface area contributed by atoms with Gasteiger partial charge < -0.3 is 15.2 Å². The molecular formula is C21H22ClN6OP. The third kappa shape index (κ3) is 4.04. The number of hydrogen-bond donors (Lipinski definition) is 2. The minimum absolute atomic E-state index is 0.371. The molecule has 154 valence electrons. The van der Waals surface area contributed by atoms with Crippen LogP contribution in [0, 0.1) is 6.92 Å². The SMILES string of the molecule is Cc1cc2cnn(C)c2cc1Nc1ncc(Cl)c(Nc2ccccc2P(C)(C)=O)n1. The molecule has 0 fully saturated rings. The Hall–Kier alpha value is -2.89. The van der Waals surface area contributed by atoms with Gasteiger partial charge in [-0.2, -0.15) is 10.1 Å². The van der Waals surface area contributed by atoms with Crippen LogP contribution in [-0.4, -0.2) is 33.1 Å². The minimum Gasteiger partial charge on any atom is -0.338 e. The van der Waals surface area contributed by atoms with Gasteiger partial charge in [0.2, 0.25) is 5.95 Å². The van der Waals surface area contributed by atoms with E-state index in [9.17, 15) is 4.57 Å². The van der Waals surface area contributed by atoms with Crippen LogP contribution in [0.3, 0.4) is 0 Å². The van der Waals surface area contributed by atoms with Crippen molar-refractivity contribution in [3.8, 4) is 0 Å². The number of nitrogens with zero attached hydrogens (tertiary/aromatic N) is 4. The van der Waals surface area contributed by atoms with Gasteiger partial charge in [0.1, 0.15) is 12.2 Å². The van der Waals surface area contributed by atoms with Crippen LogP contribution in [0.1, 0.15) is 5.56 Å². The van der Waals surface area contributed by atoms with E-state index in [2.05, 4.69) is 31.8 Å². The fourth-order valence-corrected chi connectivity index (χ4v) is 4.55. The topological polar surface area (TPSA) is 84.7 Å². The highest BCUT2D eigenvalue weighted by Crippen LogP contribution is 2.38. The molecule has 9 heteroatoms. The molecule has 0 atom stereocenters. The van der Waals surface area contributed by atoms with E-state index in [0.717, 1.165) is 27.5 Å². The number of para-hydroxylation sites is 1. The van der Waals surface area contributed by atoms with Crippen molar-refractivity contribution in [2.24, 2.45) is 7.05 Å². The molecule has 0 saturated heterocycles. The zero-order valence-electron chi connectivity index (χ0n) is 17.1. The first-order valence-corrected chi connectivity index (χ1v) is 12.3. The second-order valence-electron chi connectivity index (χ2n) is 7.50. The van der Waals surface area contributed by atoms with E-state index >= 15 is 0 Å². The monoisotopic (exact) mass is 440 g/mol. The van der Waals surface area contributed by atoms with E-state index in [1.807, 2.05) is 55.2 Å². The average molecular weight is 441 g/mol. The summed E-state index contributed by atoms with van der Waals surface area (Å²) in [6, 6.07) is 11.5. The molecular weight excluding hydrogens is 419 g/mol. The smallest absolute Gasteiger partial charge is 0.229 e. The van der Waals surface area contributed by atoms with Gasteiger partial charge in [-0.25, -0.2) is 4.98 Å². The van der Waals surface area contributed by atoms with Crippen LogP contribution >= 0.6 is 18.7 Å². The van der Waals surface area contributed by atoms with Gasteiger partial charge in [-0.3, -0.25) is 4.68 Å². The second-order valence-corrected chi connectivity index (χ2v) is 11.1. The molecule has 0 spiro atoms. The summed E-state index contributed by atoms with van der Waals surface area (Å²) >= 11 is 6.34. The molecule has 2 heterocycles. The van der Waals surface area contributed by atoms with Crippen molar-refractivity contribution in [2.45, 2.75) is 6.92 Å². The van der Waals surface area contributed by atoms with Crippen molar-refractivity contribution >= 4 is 58.1 Å². The molecule has 2 N–H and O–H groups in total. The minimum atomic E-state index is -2.48. The number of aromatic nitrogens is 4. The Labute approximate surface area is 179 Å². The van der Waals surface area contributed by atoms with Crippen LogP contribution < -0.4 is 15.9 Å². The van der Waals surface area contributed by atoms with Crippen LogP contribution in [0.5, 0.6) is 0 Å².